The molecule has 4 amide bonds. The van der Waals surface area contributed by atoms with Crippen LogP contribution in [0.25, 0.3) is 0 Å². The number of imide groups is 1. The fourth-order valence-electron chi connectivity index (χ4n) is 3.36. The number of likely N-dealkylation sites (N-methyl/N-ethyl adjacent to an activating group) is 1. The molecule has 3 rings (SSSR count). The standard InChI is InChI=1S/C20H23N3O3S/c1-3-11-20(15-8-5-4-6-9-15)18(25)23(19(26)21-20)14-17(24)22(2)13-16-10-7-12-27-16/h4-10,12H,3,11,13-14H2,1-2H3,(H,21,26). The molecular formula is C20H23N3O3S. The topological polar surface area (TPSA) is 69.7 Å². The van der Waals surface area contributed by atoms with E-state index in [1.807, 2.05) is 54.8 Å². The first-order chi connectivity index (χ1) is 13.0. The fraction of sp³-hybridized carbons (Fsp3) is 0.350. The highest BCUT2D eigenvalue weighted by atomic mass is 32.1. The van der Waals surface area contributed by atoms with Crippen LogP contribution in [0, 0.1) is 0 Å². The lowest BCUT2D eigenvalue weighted by Gasteiger charge is -2.27. The maximum absolute atomic E-state index is 13.2. The van der Waals surface area contributed by atoms with Gasteiger partial charge in [0.05, 0.1) is 6.54 Å². The van der Waals surface area contributed by atoms with E-state index in [4.69, 9.17) is 0 Å². The summed E-state index contributed by atoms with van der Waals surface area (Å²) in [5.74, 6) is -0.634. The van der Waals surface area contributed by atoms with Crippen molar-refractivity contribution in [2.75, 3.05) is 13.6 Å². The van der Waals surface area contributed by atoms with Crippen molar-refractivity contribution < 1.29 is 14.4 Å². The summed E-state index contributed by atoms with van der Waals surface area (Å²) < 4.78 is 0. The molecule has 0 aliphatic carbocycles. The van der Waals surface area contributed by atoms with Crippen molar-refractivity contribution in [2.45, 2.75) is 31.8 Å². The molecule has 2 heterocycles. The van der Waals surface area contributed by atoms with Gasteiger partial charge in [0.15, 0.2) is 0 Å². The Bertz CT molecular complexity index is 822. The lowest BCUT2D eigenvalue weighted by molar-refractivity contribution is -0.139. The third kappa shape index (κ3) is 3.73. The van der Waals surface area contributed by atoms with Crippen LogP contribution in [0.15, 0.2) is 47.8 Å². The lowest BCUT2D eigenvalue weighted by Crippen LogP contribution is -2.45. The molecule has 1 aromatic carbocycles. The Morgan fingerprint density at radius 2 is 1.93 bits per heavy atom. The number of carbonyl (C=O) groups is 3. The minimum Gasteiger partial charge on any atom is -0.339 e. The van der Waals surface area contributed by atoms with Crippen LogP contribution < -0.4 is 5.32 Å². The third-order valence-electron chi connectivity index (χ3n) is 4.76. The summed E-state index contributed by atoms with van der Waals surface area (Å²) in [6.45, 7) is 2.16. The van der Waals surface area contributed by atoms with Crippen molar-refractivity contribution in [1.82, 2.24) is 15.1 Å². The maximum atomic E-state index is 13.2. The number of hydrogen-bond acceptors (Lipinski definition) is 4. The second-order valence-electron chi connectivity index (χ2n) is 6.67. The average Bonchev–Trinajstić information content (AvgIpc) is 3.25. The minimum atomic E-state index is -1.10. The molecule has 1 N–H and O–H groups in total. The van der Waals surface area contributed by atoms with Gasteiger partial charge < -0.3 is 10.2 Å². The fourth-order valence-corrected chi connectivity index (χ4v) is 4.11. The molecule has 1 atom stereocenters. The number of nitrogens with zero attached hydrogens (tertiary/aromatic N) is 2. The molecule has 6 nitrogen and oxygen atoms in total. The van der Waals surface area contributed by atoms with Gasteiger partial charge in [0.25, 0.3) is 5.91 Å². The van der Waals surface area contributed by atoms with Crippen LogP contribution >= 0.6 is 11.3 Å². The Hall–Kier alpha value is -2.67. The van der Waals surface area contributed by atoms with Gasteiger partial charge in [0.1, 0.15) is 12.1 Å². The number of nitrogens with one attached hydrogen (secondary N) is 1. The lowest BCUT2D eigenvalue weighted by atomic mass is 9.85. The summed E-state index contributed by atoms with van der Waals surface area (Å²) in [6, 6.07) is 12.6. The number of benzene rings is 1. The Kier molecular flexibility index (Phi) is 5.60. The highest BCUT2D eigenvalue weighted by molar-refractivity contribution is 7.09. The molecule has 1 fully saturated rings. The Labute approximate surface area is 162 Å². The molecule has 0 bridgehead atoms. The maximum Gasteiger partial charge on any atom is 0.325 e. The smallest absolute Gasteiger partial charge is 0.325 e. The molecule has 1 unspecified atom stereocenters. The monoisotopic (exact) mass is 385 g/mol. The van der Waals surface area contributed by atoms with E-state index in [1.54, 1.807) is 18.4 Å². The van der Waals surface area contributed by atoms with Crippen molar-refractivity contribution >= 4 is 29.2 Å². The SMILES string of the molecule is CCCC1(c2ccccc2)NC(=O)N(CC(=O)N(C)Cc2cccs2)C1=O. The average molecular weight is 385 g/mol. The molecule has 1 saturated heterocycles. The molecule has 0 saturated carbocycles. The molecule has 1 aromatic heterocycles. The number of rotatable bonds is 7. The van der Waals surface area contributed by atoms with Crippen LogP contribution in [0.1, 0.15) is 30.2 Å². The first-order valence-electron chi connectivity index (χ1n) is 8.94. The first kappa shape index (κ1) is 19.1. The quantitative estimate of drug-likeness (QED) is 0.745. The largest absolute Gasteiger partial charge is 0.339 e. The Balaban J connectivity index is 1.77. The summed E-state index contributed by atoms with van der Waals surface area (Å²) in [7, 11) is 1.68. The Morgan fingerprint density at radius 1 is 1.19 bits per heavy atom. The normalized spacial score (nSPS) is 19.3. The van der Waals surface area contributed by atoms with Gasteiger partial charge in [-0.05, 0) is 23.4 Å². The van der Waals surface area contributed by atoms with Gasteiger partial charge in [-0.3, -0.25) is 14.5 Å². The van der Waals surface area contributed by atoms with Crippen LogP contribution in [0.5, 0.6) is 0 Å². The van der Waals surface area contributed by atoms with Crippen LogP contribution in [0.2, 0.25) is 0 Å². The van der Waals surface area contributed by atoms with E-state index in [-0.39, 0.29) is 18.4 Å². The van der Waals surface area contributed by atoms with Crippen molar-refractivity contribution in [3.63, 3.8) is 0 Å². The van der Waals surface area contributed by atoms with Gasteiger partial charge in [-0.1, -0.05) is 49.7 Å². The van der Waals surface area contributed by atoms with Gasteiger partial charge in [-0.2, -0.15) is 0 Å². The predicted octanol–water partition coefficient (Wildman–Crippen LogP) is 2.95. The van der Waals surface area contributed by atoms with E-state index in [9.17, 15) is 14.4 Å². The summed E-state index contributed by atoms with van der Waals surface area (Å²) in [4.78, 5) is 41.9. The third-order valence-corrected chi connectivity index (χ3v) is 5.62. The number of carbonyl (C=O) groups excluding carboxylic acids is 3. The van der Waals surface area contributed by atoms with Crippen molar-refractivity contribution in [3.8, 4) is 0 Å². The molecule has 7 heteroatoms. The zero-order valence-electron chi connectivity index (χ0n) is 15.5. The highest BCUT2D eigenvalue weighted by Gasteiger charge is 2.52. The predicted molar refractivity (Wildman–Crippen MR) is 104 cm³/mol. The molecule has 1 aliphatic heterocycles. The second kappa shape index (κ2) is 7.92. The summed E-state index contributed by atoms with van der Waals surface area (Å²) in [5, 5.41) is 4.79. The molecule has 27 heavy (non-hydrogen) atoms. The number of urea groups is 1. The van der Waals surface area contributed by atoms with Gasteiger partial charge in [-0.25, -0.2) is 4.79 Å². The summed E-state index contributed by atoms with van der Waals surface area (Å²) >= 11 is 1.56. The van der Waals surface area contributed by atoms with Crippen molar-refractivity contribution in [3.05, 3.63) is 58.3 Å². The van der Waals surface area contributed by atoms with E-state index in [0.29, 0.717) is 13.0 Å². The minimum absolute atomic E-state index is 0.259. The number of hydrogen-bond donors (Lipinski definition) is 1. The zero-order valence-corrected chi connectivity index (χ0v) is 16.3. The number of amides is 4. The van der Waals surface area contributed by atoms with Gasteiger partial charge in [0.2, 0.25) is 5.91 Å². The Morgan fingerprint density at radius 3 is 2.56 bits per heavy atom. The first-order valence-corrected chi connectivity index (χ1v) is 9.82. The van der Waals surface area contributed by atoms with Crippen LogP contribution in [0.4, 0.5) is 4.79 Å². The number of thiophene rings is 1. The van der Waals surface area contributed by atoms with E-state index < -0.39 is 11.6 Å². The molecule has 1 aliphatic rings. The molecule has 0 radical (unpaired) electrons. The summed E-state index contributed by atoms with van der Waals surface area (Å²) in [6.07, 6.45) is 1.21. The van der Waals surface area contributed by atoms with Gasteiger partial charge in [-0.15, -0.1) is 11.3 Å². The van der Waals surface area contributed by atoms with E-state index in [1.165, 1.54) is 4.90 Å². The summed E-state index contributed by atoms with van der Waals surface area (Å²) in [5.41, 5.74) is -0.355. The molecule has 2 aromatic rings. The molecular weight excluding hydrogens is 362 g/mol. The van der Waals surface area contributed by atoms with E-state index in [2.05, 4.69) is 5.32 Å². The molecule has 0 spiro atoms. The van der Waals surface area contributed by atoms with Crippen molar-refractivity contribution in [2.24, 2.45) is 0 Å². The van der Waals surface area contributed by atoms with Crippen LogP contribution in [0.3, 0.4) is 0 Å². The van der Waals surface area contributed by atoms with Crippen LogP contribution in [-0.2, 0) is 21.7 Å². The highest BCUT2D eigenvalue weighted by Crippen LogP contribution is 2.33. The van der Waals surface area contributed by atoms with Crippen LogP contribution in [-0.4, -0.2) is 41.2 Å². The van der Waals surface area contributed by atoms with E-state index >= 15 is 0 Å². The van der Waals surface area contributed by atoms with Gasteiger partial charge in [0, 0.05) is 11.9 Å². The molecule has 142 valence electrons. The van der Waals surface area contributed by atoms with Gasteiger partial charge >= 0.3 is 6.03 Å². The van der Waals surface area contributed by atoms with E-state index in [0.717, 1.165) is 21.8 Å². The second-order valence-corrected chi connectivity index (χ2v) is 7.70. The van der Waals surface area contributed by atoms with Crippen molar-refractivity contribution in [1.29, 1.82) is 0 Å². The zero-order chi connectivity index (χ0) is 19.4.